The second-order valence-corrected chi connectivity index (χ2v) is 6.44. The van der Waals surface area contributed by atoms with Crippen molar-refractivity contribution in [2.45, 2.75) is 32.9 Å². The van der Waals surface area contributed by atoms with E-state index < -0.39 is 0 Å². The van der Waals surface area contributed by atoms with Crippen molar-refractivity contribution in [2.75, 3.05) is 13.1 Å². The summed E-state index contributed by atoms with van der Waals surface area (Å²) in [6.07, 6.45) is 4.23. The molecule has 1 saturated heterocycles. The van der Waals surface area contributed by atoms with Gasteiger partial charge in [-0.3, -0.25) is 9.69 Å². The van der Waals surface area contributed by atoms with Crippen LogP contribution in [-0.2, 0) is 13.1 Å². The number of nitrogens with zero attached hydrogens (tertiary/aromatic N) is 1. The number of nitrogens with one attached hydrogen (secondary N) is 1. The van der Waals surface area contributed by atoms with Gasteiger partial charge in [0, 0.05) is 18.7 Å². The summed E-state index contributed by atoms with van der Waals surface area (Å²) in [5.74, 6) is 1.48. The summed E-state index contributed by atoms with van der Waals surface area (Å²) in [7, 11) is 0. The molecule has 1 aliphatic rings. The Balaban J connectivity index is 1.52. The van der Waals surface area contributed by atoms with Crippen LogP contribution in [0, 0.1) is 5.92 Å². The maximum atomic E-state index is 12.1. The Kier molecular flexibility index (Phi) is 5.13. The summed E-state index contributed by atoms with van der Waals surface area (Å²) >= 11 is 0. The van der Waals surface area contributed by atoms with E-state index in [9.17, 15) is 4.79 Å². The van der Waals surface area contributed by atoms with E-state index in [1.54, 1.807) is 6.26 Å². The zero-order valence-electron chi connectivity index (χ0n) is 13.6. The van der Waals surface area contributed by atoms with Crippen molar-refractivity contribution < 1.29 is 9.21 Å². The minimum Gasteiger partial charge on any atom is -0.467 e. The van der Waals surface area contributed by atoms with E-state index in [0.717, 1.165) is 18.2 Å². The summed E-state index contributed by atoms with van der Waals surface area (Å²) < 4.78 is 5.21. The number of amides is 1. The van der Waals surface area contributed by atoms with Gasteiger partial charge in [-0.25, -0.2) is 0 Å². The van der Waals surface area contributed by atoms with Gasteiger partial charge >= 0.3 is 0 Å². The molecule has 1 aromatic carbocycles. The van der Waals surface area contributed by atoms with Gasteiger partial charge < -0.3 is 9.73 Å². The number of benzene rings is 1. The summed E-state index contributed by atoms with van der Waals surface area (Å²) in [5, 5.41) is 2.86. The van der Waals surface area contributed by atoms with Crippen LogP contribution >= 0.6 is 0 Å². The fraction of sp³-hybridized carbons (Fsp3) is 0.421. The van der Waals surface area contributed by atoms with E-state index in [1.165, 1.54) is 31.5 Å². The lowest BCUT2D eigenvalue weighted by Crippen LogP contribution is -2.33. The molecule has 23 heavy (non-hydrogen) atoms. The number of hydrogen-bond donors (Lipinski definition) is 1. The maximum absolute atomic E-state index is 12.1. The first kappa shape index (κ1) is 15.8. The minimum atomic E-state index is -0.0699. The molecule has 1 unspecified atom stereocenters. The number of furan rings is 1. The second kappa shape index (κ2) is 7.47. The van der Waals surface area contributed by atoms with E-state index in [2.05, 4.69) is 29.3 Å². The van der Waals surface area contributed by atoms with E-state index in [4.69, 9.17) is 4.42 Å². The van der Waals surface area contributed by atoms with Crippen LogP contribution in [0.2, 0.25) is 0 Å². The molecule has 122 valence electrons. The number of carbonyl (C=O) groups excluding carboxylic acids is 1. The number of carbonyl (C=O) groups is 1. The number of hydrogen-bond acceptors (Lipinski definition) is 3. The molecule has 1 atom stereocenters. The van der Waals surface area contributed by atoms with E-state index >= 15 is 0 Å². The number of likely N-dealkylation sites (tertiary alicyclic amines) is 1. The molecule has 1 amide bonds. The molecule has 1 aliphatic heterocycles. The normalized spacial score (nSPS) is 18.7. The van der Waals surface area contributed by atoms with Crippen LogP contribution in [0.15, 0.2) is 47.1 Å². The lowest BCUT2D eigenvalue weighted by Gasteiger charge is -2.30. The van der Waals surface area contributed by atoms with Crippen LogP contribution in [-0.4, -0.2) is 23.9 Å². The lowest BCUT2D eigenvalue weighted by atomic mass is 9.99. The van der Waals surface area contributed by atoms with Gasteiger partial charge in [0.05, 0.1) is 12.8 Å². The van der Waals surface area contributed by atoms with Crippen LogP contribution in [0.3, 0.4) is 0 Å². The fourth-order valence-electron chi connectivity index (χ4n) is 3.13. The molecule has 0 saturated carbocycles. The Hall–Kier alpha value is -2.07. The first-order chi connectivity index (χ1) is 11.2. The van der Waals surface area contributed by atoms with Crippen LogP contribution in [0.1, 0.15) is 41.4 Å². The zero-order valence-corrected chi connectivity index (χ0v) is 13.6. The highest BCUT2D eigenvalue weighted by Gasteiger charge is 2.16. The highest BCUT2D eigenvalue weighted by Crippen LogP contribution is 2.18. The van der Waals surface area contributed by atoms with Gasteiger partial charge in [-0.15, -0.1) is 0 Å². The Labute approximate surface area is 137 Å². The minimum absolute atomic E-state index is 0.0699. The Morgan fingerprint density at radius 1 is 1.30 bits per heavy atom. The van der Waals surface area contributed by atoms with Crippen LogP contribution in [0.4, 0.5) is 0 Å². The molecule has 3 rings (SSSR count). The predicted octanol–water partition coefficient (Wildman–Crippen LogP) is 3.44. The summed E-state index contributed by atoms with van der Waals surface area (Å²) in [4.78, 5) is 14.6. The largest absolute Gasteiger partial charge is 0.467 e. The van der Waals surface area contributed by atoms with Gasteiger partial charge in [0.25, 0.3) is 5.91 Å². The molecule has 2 heterocycles. The Morgan fingerprint density at radius 2 is 2.13 bits per heavy atom. The molecule has 0 spiro atoms. The molecule has 1 fully saturated rings. The van der Waals surface area contributed by atoms with Crippen LogP contribution in [0.25, 0.3) is 0 Å². The molecule has 1 aromatic heterocycles. The van der Waals surface area contributed by atoms with Crippen molar-refractivity contribution >= 4 is 5.91 Å². The molecular weight excluding hydrogens is 288 g/mol. The van der Waals surface area contributed by atoms with Crippen molar-refractivity contribution in [3.8, 4) is 0 Å². The van der Waals surface area contributed by atoms with Gasteiger partial charge in [0.1, 0.15) is 5.76 Å². The molecule has 0 aliphatic carbocycles. The maximum Gasteiger partial charge on any atom is 0.251 e. The monoisotopic (exact) mass is 312 g/mol. The number of piperidine rings is 1. The molecule has 0 bridgehead atoms. The van der Waals surface area contributed by atoms with Crippen LogP contribution in [0.5, 0.6) is 0 Å². The fourth-order valence-corrected chi connectivity index (χ4v) is 3.13. The summed E-state index contributed by atoms with van der Waals surface area (Å²) in [5.41, 5.74) is 1.95. The third-order valence-electron chi connectivity index (χ3n) is 4.37. The van der Waals surface area contributed by atoms with Gasteiger partial charge in [-0.05, 0) is 55.1 Å². The first-order valence-electron chi connectivity index (χ1n) is 8.32. The van der Waals surface area contributed by atoms with Crippen molar-refractivity contribution in [3.63, 3.8) is 0 Å². The van der Waals surface area contributed by atoms with Gasteiger partial charge in [-0.1, -0.05) is 19.1 Å². The average molecular weight is 312 g/mol. The quantitative estimate of drug-likeness (QED) is 0.920. The third kappa shape index (κ3) is 4.45. The summed E-state index contributed by atoms with van der Waals surface area (Å²) in [6.45, 7) is 6.05. The number of rotatable bonds is 5. The zero-order chi connectivity index (χ0) is 16.1. The SMILES string of the molecule is CC1CCCN(Cc2ccc(C(=O)NCc3ccco3)cc2)C1. The average Bonchev–Trinajstić information content (AvgIpc) is 3.07. The van der Waals surface area contributed by atoms with E-state index in [0.29, 0.717) is 12.1 Å². The lowest BCUT2D eigenvalue weighted by molar-refractivity contribution is 0.0948. The topological polar surface area (TPSA) is 45.5 Å². The smallest absolute Gasteiger partial charge is 0.251 e. The Morgan fingerprint density at radius 3 is 2.83 bits per heavy atom. The predicted molar refractivity (Wildman–Crippen MR) is 90.0 cm³/mol. The molecule has 2 aromatic rings. The molecule has 4 heteroatoms. The van der Waals surface area contributed by atoms with Crippen molar-refractivity contribution in [3.05, 3.63) is 59.5 Å². The van der Waals surface area contributed by atoms with Crippen LogP contribution < -0.4 is 5.32 Å². The van der Waals surface area contributed by atoms with Crippen molar-refractivity contribution in [2.24, 2.45) is 5.92 Å². The standard InChI is InChI=1S/C19H24N2O2/c1-15-4-2-10-21(13-15)14-16-6-8-17(9-7-16)19(22)20-12-18-5-3-11-23-18/h3,5-9,11,15H,2,4,10,12-14H2,1H3,(H,20,22). The van der Waals surface area contributed by atoms with Gasteiger partial charge in [-0.2, -0.15) is 0 Å². The first-order valence-corrected chi connectivity index (χ1v) is 8.32. The molecule has 1 N–H and O–H groups in total. The highest BCUT2D eigenvalue weighted by molar-refractivity contribution is 5.94. The highest BCUT2D eigenvalue weighted by atomic mass is 16.3. The molecular formula is C19H24N2O2. The van der Waals surface area contributed by atoms with Crippen molar-refractivity contribution in [1.82, 2.24) is 10.2 Å². The second-order valence-electron chi connectivity index (χ2n) is 6.44. The van der Waals surface area contributed by atoms with Gasteiger partial charge in [0.2, 0.25) is 0 Å². The third-order valence-corrected chi connectivity index (χ3v) is 4.37. The van der Waals surface area contributed by atoms with Crippen molar-refractivity contribution in [1.29, 1.82) is 0 Å². The van der Waals surface area contributed by atoms with E-state index in [1.807, 2.05) is 24.3 Å². The van der Waals surface area contributed by atoms with E-state index in [-0.39, 0.29) is 5.91 Å². The Bertz CT molecular complexity index is 619. The molecule has 0 radical (unpaired) electrons. The summed E-state index contributed by atoms with van der Waals surface area (Å²) in [6, 6.07) is 11.6. The molecule has 4 nitrogen and oxygen atoms in total. The van der Waals surface area contributed by atoms with Gasteiger partial charge in [0.15, 0.2) is 0 Å².